The summed E-state index contributed by atoms with van der Waals surface area (Å²) in [7, 11) is 3.02. The number of carbonyl (C=O) groups is 3. The van der Waals surface area contributed by atoms with Gasteiger partial charge in [-0.1, -0.05) is 0 Å². The van der Waals surface area contributed by atoms with Gasteiger partial charge in [0.15, 0.2) is 17.3 Å². The average molecular weight is 428 g/mol. The fourth-order valence-corrected chi connectivity index (χ4v) is 4.10. The molecular weight excluding hydrogens is 400 g/mol. The molecule has 1 aliphatic heterocycles. The van der Waals surface area contributed by atoms with E-state index in [2.05, 4.69) is 0 Å². The maximum absolute atomic E-state index is 13.5. The summed E-state index contributed by atoms with van der Waals surface area (Å²) in [5.41, 5.74) is 2.36. The summed E-state index contributed by atoms with van der Waals surface area (Å²) in [5, 5.41) is 0. The molecule has 1 unspecified atom stereocenters. The van der Waals surface area contributed by atoms with Gasteiger partial charge in [-0.15, -0.1) is 0 Å². The monoisotopic (exact) mass is 428 g/mol. The molecule has 2 aromatic rings. The molecule has 0 bridgehead atoms. The van der Waals surface area contributed by atoms with Gasteiger partial charge < -0.3 is 23.7 Å². The molecule has 0 saturated carbocycles. The van der Waals surface area contributed by atoms with Crippen LogP contribution in [0.4, 0.5) is 0 Å². The number of hydrogen-bond acceptors (Lipinski definition) is 6. The lowest BCUT2D eigenvalue weighted by atomic mass is 9.98. The van der Waals surface area contributed by atoms with Crippen LogP contribution in [0, 0.1) is 13.8 Å². The maximum atomic E-state index is 13.5. The first-order valence-corrected chi connectivity index (χ1v) is 10.1. The van der Waals surface area contributed by atoms with Gasteiger partial charge in [-0.25, -0.2) is 4.79 Å². The van der Waals surface area contributed by atoms with Gasteiger partial charge in [-0.2, -0.15) is 0 Å². The molecule has 1 aromatic carbocycles. The third kappa shape index (κ3) is 3.78. The summed E-state index contributed by atoms with van der Waals surface area (Å²) in [6, 6.07) is 4.00. The number of fused-ring (bicyclic) bond motifs is 1. The Morgan fingerprint density at radius 1 is 1.10 bits per heavy atom. The van der Waals surface area contributed by atoms with Gasteiger partial charge in [0.1, 0.15) is 5.69 Å². The van der Waals surface area contributed by atoms with Crippen LogP contribution in [0.1, 0.15) is 63.2 Å². The summed E-state index contributed by atoms with van der Waals surface area (Å²) in [6.07, 6.45) is 0. The number of amides is 1. The van der Waals surface area contributed by atoms with E-state index >= 15 is 0 Å². The minimum atomic E-state index is -0.747. The first-order valence-electron chi connectivity index (χ1n) is 10.1. The van der Waals surface area contributed by atoms with Crippen molar-refractivity contribution in [3.63, 3.8) is 0 Å². The molecule has 166 valence electrons. The smallest absolute Gasteiger partial charge is 0.354 e. The summed E-state index contributed by atoms with van der Waals surface area (Å²) in [5.74, 6) is 0.0673. The van der Waals surface area contributed by atoms with Crippen molar-refractivity contribution < 1.29 is 28.6 Å². The molecule has 0 radical (unpaired) electrons. The first kappa shape index (κ1) is 22.4. The average Bonchev–Trinajstić information content (AvgIpc) is 3.28. The molecular formula is C23H28N2O6. The van der Waals surface area contributed by atoms with Crippen LogP contribution in [0.2, 0.25) is 0 Å². The van der Waals surface area contributed by atoms with E-state index in [9.17, 15) is 14.4 Å². The SMILES string of the molecule is COC(=O)c1c(C)c(C(=O)C(C)N(C(=O)c2ccc3c(c2)OCO3)C(C)C)c(C)n1C. The van der Waals surface area contributed by atoms with Gasteiger partial charge in [0.25, 0.3) is 5.91 Å². The summed E-state index contributed by atoms with van der Waals surface area (Å²) in [4.78, 5) is 40.6. The summed E-state index contributed by atoms with van der Waals surface area (Å²) < 4.78 is 17.2. The number of benzene rings is 1. The molecule has 1 atom stereocenters. The molecule has 3 rings (SSSR count). The highest BCUT2D eigenvalue weighted by atomic mass is 16.7. The highest BCUT2D eigenvalue weighted by Gasteiger charge is 2.34. The molecule has 0 aliphatic carbocycles. The predicted molar refractivity (Wildman–Crippen MR) is 114 cm³/mol. The zero-order valence-corrected chi connectivity index (χ0v) is 18.9. The van der Waals surface area contributed by atoms with Gasteiger partial charge >= 0.3 is 5.97 Å². The van der Waals surface area contributed by atoms with Crippen LogP contribution in [-0.2, 0) is 11.8 Å². The van der Waals surface area contributed by atoms with Crippen LogP contribution in [0.15, 0.2) is 18.2 Å². The van der Waals surface area contributed by atoms with Gasteiger partial charge in [0.05, 0.1) is 13.2 Å². The van der Waals surface area contributed by atoms with Crippen molar-refractivity contribution >= 4 is 17.7 Å². The van der Waals surface area contributed by atoms with Crippen molar-refractivity contribution in [2.45, 2.75) is 46.7 Å². The number of esters is 1. The zero-order chi connectivity index (χ0) is 23.0. The number of hydrogen-bond donors (Lipinski definition) is 0. The molecule has 1 aliphatic rings. The highest BCUT2D eigenvalue weighted by molar-refractivity contribution is 6.07. The van der Waals surface area contributed by atoms with Gasteiger partial charge in [-0.05, 0) is 58.4 Å². The van der Waals surface area contributed by atoms with Crippen LogP contribution in [-0.4, -0.2) is 53.1 Å². The second kappa shape index (κ2) is 8.45. The number of carbonyl (C=O) groups excluding carboxylic acids is 3. The molecule has 0 spiro atoms. The van der Waals surface area contributed by atoms with Crippen molar-refractivity contribution in [1.29, 1.82) is 0 Å². The van der Waals surface area contributed by atoms with E-state index in [0.717, 1.165) is 0 Å². The summed E-state index contributed by atoms with van der Waals surface area (Å²) >= 11 is 0. The third-order valence-corrected chi connectivity index (χ3v) is 5.76. The van der Waals surface area contributed by atoms with Gasteiger partial charge in [-0.3, -0.25) is 9.59 Å². The number of ketones is 1. The van der Waals surface area contributed by atoms with Crippen molar-refractivity contribution in [3.05, 3.63) is 46.3 Å². The maximum Gasteiger partial charge on any atom is 0.354 e. The number of aromatic nitrogens is 1. The Bertz CT molecular complexity index is 1050. The van der Waals surface area contributed by atoms with E-state index in [0.29, 0.717) is 39.6 Å². The standard InChI is InChI=1S/C23H28N2O6/c1-12(2)25(22(27)16-8-9-17-18(10-16)31-11-30-17)15(5)21(26)19-13(3)20(23(28)29-7)24(6)14(19)4/h8-10,12,15H,11H2,1-7H3. The van der Waals surface area contributed by atoms with E-state index in [4.69, 9.17) is 14.2 Å². The Morgan fingerprint density at radius 2 is 1.74 bits per heavy atom. The fraction of sp³-hybridized carbons (Fsp3) is 0.435. The van der Waals surface area contributed by atoms with E-state index in [-0.39, 0.29) is 24.5 Å². The van der Waals surface area contributed by atoms with E-state index in [1.165, 1.54) is 7.11 Å². The molecule has 0 saturated heterocycles. The Morgan fingerprint density at radius 3 is 2.35 bits per heavy atom. The quantitative estimate of drug-likeness (QED) is 0.518. The topological polar surface area (TPSA) is 87.1 Å². The van der Waals surface area contributed by atoms with E-state index < -0.39 is 12.0 Å². The van der Waals surface area contributed by atoms with Crippen LogP contribution >= 0.6 is 0 Å². The second-order valence-electron chi connectivity index (χ2n) is 7.90. The normalized spacial score (nSPS) is 13.3. The second-order valence-corrected chi connectivity index (χ2v) is 7.90. The molecule has 1 aromatic heterocycles. The molecule has 2 heterocycles. The van der Waals surface area contributed by atoms with Crippen molar-refractivity contribution in [2.24, 2.45) is 7.05 Å². The minimum Gasteiger partial charge on any atom is -0.464 e. The first-order chi connectivity index (χ1) is 14.6. The molecule has 8 heteroatoms. The molecule has 31 heavy (non-hydrogen) atoms. The van der Waals surface area contributed by atoms with Gasteiger partial charge in [0.2, 0.25) is 6.79 Å². The lowest BCUT2D eigenvalue weighted by molar-refractivity contribution is 0.0565. The lowest BCUT2D eigenvalue weighted by Crippen LogP contribution is -2.47. The molecule has 0 N–H and O–H groups in total. The fourth-order valence-electron chi connectivity index (χ4n) is 4.10. The Balaban J connectivity index is 1.97. The van der Waals surface area contributed by atoms with Gasteiger partial charge in [0, 0.05) is 29.9 Å². The van der Waals surface area contributed by atoms with E-state index in [1.54, 1.807) is 55.5 Å². The number of Topliss-reactive ketones (excluding diaryl/α,β-unsaturated/α-hetero) is 1. The van der Waals surface area contributed by atoms with Crippen molar-refractivity contribution in [1.82, 2.24) is 9.47 Å². The van der Waals surface area contributed by atoms with Crippen LogP contribution in [0.5, 0.6) is 11.5 Å². The van der Waals surface area contributed by atoms with Crippen molar-refractivity contribution in [3.8, 4) is 11.5 Å². The van der Waals surface area contributed by atoms with Crippen LogP contribution in [0.25, 0.3) is 0 Å². The Labute approximate surface area is 181 Å². The minimum absolute atomic E-state index is 0.116. The zero-order valence-electron chi connectivity index (χ0n) is 18.9. The Kier molecular flexibility index (Phi) is 6.10. The van der Waals surface area contributed by atoms with Crippen LogP contribution < -0.4 is 9.47 Å². The predicted octanol–water partition coefficient (Wildman–Crippen LogP) is 3.28. The number of methoxy groups -OCH3 is 1. The van der Waals surface area contributed by atoms with E-state index in [1.807, 2.05) is 13.8 Å². The van der Waals surface area contributed by atoms with Crippen molar-refractivity contribution in [2.75, 3.05) is 13.9 Å². The highest BCUT2D eigenvalue weighted by Crippen LogP contribution is 2.33. The number of nitrogens with zero attached hydrogens (tertiary/aromatic N) is 2. The Hall–Kier alpha value is -3.29. The van der Waals surface area contributed by atoms with Crippen LogP contribution in [0.3, 0.4) is 0 Å². The summed E-state index contributed by atoms with van der Waals surface area (Å²) in [6.45, 7) is 9.04. The number of rotatable bonds is 6. The lowest BCUT2D eigenvalue weighted by Gasteiger charge is -2.32. The molecule has 0 fully saturated rings. The third-order valence-electron chi connectivity index (χ3n) is 5.76. The molecule has 8 nitrogen and oxygen atoms in total. The molecule has 1 amide bonds. The number of ether oxygens (including phenoxy) is 3. The largest absolute Gasteiger partial charge is 0.464 e.